The van der Waals surface area contributed by atoms with Crippen molar-refractivity contribution in [3.05, 3.63) is 74.2 Å². The summed E-state index contributed by atoms with van der Waals surface area (Å²) in [5.41, 5.74) is 4.32. The second-order valence-corrected chi connectivity index (χ2v) is 8.28. The molecule has 0 saturated heterocycles. The molecule has 1 atom stereocenters. The van der Waals surface area contributed by atoms with Crippen molar-refractivity contribution in [1.82, 2.24) is 14.9 Å². The molecule has 5 nitrogen and oxygen atoms in total. The van der Waals surface area contributed by atoms with Gasteiger partial charge in [0.15, 0.2) is 0 Å². The highest BCUT2D eigenvalue weighted by atomic mass is 79.9. The summed E-state index contributed by atoms with van der Waals surface area (Å²) in [6, 6.07) is 11.7. The van der Waals surface area contributed by atoms with E-state index in [-0.39, 0.29) is 24.1 Å². The molecule has 28 heavy (non-hydrogen) atoms. The van der Waals surface area contributed by atoms with Gasteiger partial charge in [-0.15, -0.1) is 0 Å². The summed E-state index contributed by atoms with van der Waals surface area (Å²) < 4.78 is 2.16. The molecule has 0 bridgehead atoms. The quantitative estimate of drug-likeness (QED) is 0.669. The highest BCUT2D eigenvalue weighted by Gasteiger charge is 2.15. The van der Waals surface area contributed by atoms with E-state index in [1.807, 2.05) is 13.0 Å². The van der Waals surface area contributed by atoms with Gasteiger partial charge in [0.2, 0.25) is 5.91 Å². The van der Waals surface area contributed by atoms with E-state index in [4.69, 9.17) is 0 Å². The van der Waals surface area contributed by atoms with Gasteiger partial charge in [0, 0.05) is 4.47 Å². The van der Waals surface area contributed by atoms with Crippen LogP contribution in [0.4, 0.5) is 0 Å². The molecule has 1 amide bonds. The lowest BCUT2D eigenvalue weighted by atomic mass is 9.89. The van der Waals surface area contributed by atoms with Crippen molar-refractivity contribution in [3.8, 4) is 0 Å². The van der Waals surface area contributed by atoms with Gasteiger partial charge in [-0.25, -0.2) is 4.98 Å². The van der Waals surface area contributed by atoms with Gasteiger partial charge in [0.1, 0.15) is 6.54 Å². The number of amides is 1. The number of fused-ring (bicyclic) bond motifs is 2. The maximum absolute atomic E-state index is 12.7. The average molecular weight is 440 g/mol. The van der Waals surface area contributed by atoms with Gasteiger partial charge < -0.3 is 5.32 Å². The monoisotopic (exact) mass is 439 g/mol. The highest BCUT2D eigenvalue weighted by Crippen LogP contribution is 2.24. The van der Waals surface area contributed by atoms with Crippen molar-refractivity contribution < 1.29 is 4.79 Å². The predicted molar refractivity (Wildman–Crippen MR) is 113 cm³/mol. The number of aryl methyl sites for hydroxylation is 2. The van der Waals surface area contributed by atoms with E-state index in [2.05, 4.69) is 44.4 Å². The fourth-order valence-electron chi connectivity index (χ4n) is 3.79. The van der Waals surface area contributed by atoms with Crippen molar-refractivity contribution in [2.24, 2.45) is 0 Å². The Morgan fingerprint density at radius 1 is 1.18 bits per heavy atom. The van der Waals surface area contributed by atoms with E-state index in [9.17, 15) is 9.59 Å². The van der Waals surface area contributed by atoms with Gasteiger partial charge >= 0.3 is 0 Å². The molecule has 4 rings (SSSR count). The number of benzene rings is 2. The summed E-state index contributed by atoms with van der Waals surface area (Å²) in [7, 11) is 0. The summed E-state index contributed by atoms with van der Waals surface area (Å²) in [6.07, 6.45) is 6.17. The Morgan fingerprint density at radius 3 is 2.79 bits per heavy atom. The molecule has 3 aromatic rings. The fraction of sp³-hybridized carbons (Fsp3) is 0.318. The van der Waals surface area contributed by atoms with E-state index >= 15 is 0 Å². The highest BCUT2D eigenvalue weighted by molar-refractivity contribution is 9.10. The molecular formula is C22H22BrN3O2. The number of aromatic nitrogens is 2. The van der Waals surface area contributed by atoms with Crippen LogP contribution in [0.2, 0.25) is 0 Å². The first-order chi connectivity index (χ1) is 13.5. The van der Waals surface area contributed by atoms with Crippen LogP contribution < -0.4 is 10.9 Å². The molecule has 0 aliphatic heterocycles. The van der Waals surface area contributed by atoms with E-state index < -0.39 is 0 Å². The SMILES string of the molecule is CC(NC(=O)Cn1cnc2ccc(Br)cc2c1=O)c1ccc2c(c1)CCCC2. The number of hydrogen-bond acceptors (Lipinski definition) is 3. The van der Waals surface area contributed by atoms with Gasteiger partial charge in [-0.3, -0.25) is 14.2 Å². The van der Waals surface area contributed by atoms with E-state index in [1.165, 1.54) is 34.9 Å². The minimum atomic E-state index is -0.220. The lowest BCUT2D eigenvalue weighted by Gasteiger charge is -2.20. The van der Waals surface area contributed by atoms with Crippen LogP contribution in [0.5, 0.6) is 0 Å². The Hall–Kier alpha value is -2.47. The van der Waals surface area contributed by atoms with Crippen molar-refractivity contribution in [1.29, 1.82) is 0 Å². The Labute approximate surface area is 171 Å². The number of halogens is 1. The van der Waals surface area contributed by atoms with Crippen LogP contribution in [0.1, 0.15) is 42.5 Å². The van der Waals surface area contributed by atoms with Gasteiger partial charge in [-0.05, 0) is 67.5 Å². The molecule has 1 aromatic heterocycles. The summed E-state index contributed by atoms with van der Waals surface area (Å²) in [4.78, 5) is 29.5. The standard InChI is InChI=1S/C22H22BrN3O2/c1-14(16-7-6-15-4-2-3-5-17(15)10-16)25-21(27)12-26-13-24-20-9-8-18(23)11-19(20)22(26)28/h6-11,13-14H,2-5,12H2,1H3,(H,25,27). The first-order valence-corrected chi connectivity index (χ1v) is 10.4. The average Bonchev–Trinajstić information content (AvgIpc) is 2.70. The zero-order chi connectivity index (χ0) is 19.7. The van der Waals surface area contributed by atoms with E-state index in [1.54, 1.807) is 12.1 Å². The van der Waals surface area contributed by atoms with Crippen molar-refractivity contribution in [3.63, 3.8) is 0 Å². The number of nitrogens with one attached hydrogen (secondary N) is 1. The van der Waals surface area contributed by atoms with Crippen LogP contribution in [0.3, 0.4) is 0 Å². The summed E-state index contributed by atoms with van der Waals surface area (Å²) in [5.74, 6) is -0.205. The second kappa shape index (κ2) is 7.87. The Balaban J connectivity index is 1.49. The Bertz CT molecular complexity index is 1110. The lowest BCUT2D eigenvalue weighted by Crippen LogP contribution is -2.34. The molecule has 1 unspecified atom stereocenters. The second-order valence-electron chi connectivity index (χ2n) is 7.36. The molecule has 0 spiro atoms. The molecule has 6 heteroatoms. The molecule has 0 radical (unpaired) electrons. The zero-order valence-corrected chi connectivity index (χ0v) is 17.3. The molecule has 1 aliphatic rings. The number of hydrogen-bond donors (Lipinski definition) is 1. The molecular weight excluding hydrogens is 418 g/mol. The van der Waals surface area contributed by atoms with Crippen LogP contribution in [-0.4, -0.2) is 15.5 Å². The molecule has 0 saturated carbocycles. The maximum atomic E-state index is 12.7. The van der Waals surface area contributed by atoms with Crippen molar-refractivity contribution in [2.75, 3.05) is 0 Å². The third-order valence-electron chi connectivity index (χ3n) is 5.35. The fourth-order valence-corrected chi connectivity index (χ4v) is 4.15. The van der Waals surface area contributed by atoms with Crippen LogP contribution in [-0.2, 0) is 24.2 Å². The summed E-state index contributed by atoms with van der Waals surface area (Å²) >= 11 is 3.37. The molecule has 0 fully saturated rings. The van der Waals surface area contributed by atoms with Gasteiger partial charge in [0.05, 0.1) is 23.3 Å². The van der Waals surface area contributed by atoms with Crippen molar-refractivity contribution >= 4 is 32.7 Å². The summed E-state index contributed by atoms with van der Waals surface area (Å²) in [6.45, 7) is 1.92. The maximum Gasteiger partial charge on any atom is 0.261 e. The first-order valence-electron chi connectivity index (χ1n) is 9.57. The lowest BCUT2D eigenvalue weighted by molar-refractivity contribution is -0.122. The molecule has 2 aromatic carbocycles. The minimum absolute atomic E-state index is 0.0520. The van der Waals surface area contributed by atoms with Crippen LogP contribution in [0.15, 0.2) is 52.0 Å². The Morgan fingerprint density at radius 2 is 1.96 bits per heavy atom. The first kappa shape index (κ1) is 18.9. The van der Waals surface area contributed by atoms with Gasteiger partial charge in [0.25, 0.3) is 5.56 Å². The third kappa shape index (κ3) is 3.87. The van der Waals surface area contributed by atoms with Crippen LogP contribution >= 0.6 is 15.9 Å². The molecule has 1 aliphatic carbocycles. The molecule has 1 heterocycles. The number of carbonyl (C=O) groups excluding carboxylic acids is 1. The van der Waals surface area contributed by atoms with Gasteiger partial charge in [-0.1, -0.05) is 34.1 Å². The van der Waals surface area contributed by atoms with E-state index in [0.29, 0.717) is 10.9 Å². The van der Waals surface area contributed by atoms with Crippen LogP contribution in [0.25, 0.3) is 10.9 Å². The molecule has 1 N–H and O–H groups in total. The summed E-state index contributed by atoms with van der Waals surface area (Å²) in [5, 5.41) is 3.50. The minimum Gasteiger partial charge on any atom is -0.348 e. The number of rotatable bonds is 4. The molecule has 144 valence electrons. The topological polar surface area (TPSA) is 64.0 Å². The predicted octanol–water partition coefficient (Wildman–Crippen LogP) is 3.92. The van der Waals surface area contributed by atoms with Crippen molar-refractivity contribution in [2.45, 2.75) is 45.2 Å². The normalized spacial score (nSPS) is 14.5. The Kier molecular flexibility index (Phi) is 5.31. The van der Waals surface area contributed by atoms with Crippen LogP contribution in [0, 0.1) is 0 Å². The number of nitrogens with zero attached hydrogens (tertiary/aromatic N) is 2. The third-order valence-corrected chi connectivity index (χ3v) is 5.84. The zero-order valence-electron chi connectivity index (χ0n) is 15.7. The largest absolute Gasteiger partial charge is 0.348 e. The van der Waals surface area contributed by atoms with E-state index in [0.717, 1.165) is 22.9 Å². The number of carbonyl (C=O) groups is 1. The smallest absolute Gasteiger partial charge is 0.261 e. The van der Waals surface area contributed by atoms with Gasteiger partial charge in [-0.2, -0.15) is 0 Å².